The zero-order chi connectivity index (χ0) is 12.3. The molecule has 1 aromatic heterocycles. The average Bonchev–Trinajstić information content (AvgIpc) is 2.38. The van der Waals surface area contributed by atoms with E-state index in [-0.39, 0.29) is 12.2 Å². The molecular formula is C12H18BrN3O. The lowest BCUT2D eigenvalue weighted by Crippen LogP contribution is -2.47. The zero-order valence-electron chi connectivity index (χ0n) is 10.3. The molecule has 0 spiro atoms. The quantitative estimate of drug-likeness (QED) is 0.801. The van der Waals surface area contributed by atoms with Crippen LogP contribution < -0.4 is 4.90 Å². The van der Waals surface area contributed by atoms with Crippen molar-refractivity contribution in [2.75, 3.05) is 23.3 Å². The summed E-state index contributed by atoms with van der Waals surface area (Å²) in [6.07, 6.45) is 3.07. The van der Waals surface area contributed by atoms with E-state index < -0.39 is 0 Å². The molecule has 1 aliphatic rings. The Balaban J connectivity index is 2.14. The third-order valence-corrected chi connectivity index (χ3v) is 3.62. The van der Waals surface area contributed by atoms with Crippen LogP contribution in [0.25, 0.3) is 0 Å². The fourth-order valence-corrected chi connectivity index (χ4v) is 2.43. The molecule has 0 aliphatic carbocycles. The van der Waals surface area contributed by atoms with Crippen molar-refractivity contribution in [1.82, 2.24) is 9.97 Å². The number of hydrogen-bond acceptors (Lipinski definition) is 4. The first kappa shape index (κ1) is 12.8. The molecule has 0 aromatic carbocycles. The van der Waals surface area contributed by atoms with Crippen LogP contribution in [-0.4, -0.2) is 40.6 Å². The molecule has 2 rings (SSSR count). The Morgan fingerprint density at radius 2 is 2.29 bits per heavy atom. The van der Waals surface area contributed by atoms with E-state index in [2.05, 4.69) is 50.7 Å². The first-order valence-corrected chi connectivity index (χ1v) is 7.12. The third-order valence-electron chi connectivity index (χ3n) is 2.89. The Hall–Kier alpha value is -0.680. The molecule has 1 aliphatic heterocycles. The van der Waals surface area contributed by atoms with Gasteiger partial charge in [0.1, 0.15) is 12.1 Å². The Morgan fingerprint density at radius 3 is 3.00 bits per heavy atom. The summed E-state index contributed by atoms with van der Waals surface area (Å²) in [6.45, 7) is 5.98. The first-order valence-electron chi connectivity index (χ1n) is 6.00. The standard InChI is InChI=1S/C12H18BrN3O/c1-3-10-4-12(15-8-14-10)16-6-9(2)17-11(5-13)7-16/h4,8-9,11H,3,5-7H2,1-2H3. The number of ether oxygens (including phenoxy) is 1. The van der Waals surface area contributed by atoms with Gasteiger partial charge in [0.15, 0.2) is 0 Å². The van der Waals surface area contributed by atoms with Crippen molar-refractivity contribution in [3.63, 3.8) is 0 Å². The lowest BCUT2D eigenvalue weighted by atomic mass is 10.2. The minimum atomic E-state index is 0.235. The fraction of sp³-hybridized carbons (Fsp3) is 0.667. The number of alkyl halides is 1. The lowest BCUT2D eigenvalue weighted by Gasteiger charge is -2.36. The second-order valence-corrected chi connectivity index (χ2v) is 5.00. The van der Waals surface area contributed by atoms with Gasteiger partial charge in [0.2, 0.25) is 0 Å². The Kier molecular flexibility index (Phi) is 4.34. The molecule has 1 fully saturated rings. The Morgan fingerprint density at radius 1 is 1.47 bits per heavy atom. The Labute approximate surface area is 111 Å². The average molecular weight is 300 g/mol. The van der Waals surface area contributed by atoms with E-state index in [0.29, 0.717) is 0 Å². The largest absolute Gasteiger partial charge is 0.371 e. The number of rotatable bonds is 3. The maximum atomic E-state index is 5.81. The highest BCUT2D eigenvalue weighted by molar-refractivity contribution is 9.09. The summed E-state index contributed by atoms with van der Waals surface area (Å²) < 4.78 is 5.81. The minimum Gasteiger partial charge on any atom is -0.371 e. The summed E-state index contributed by atoms with van der Waals surface area (Å²) in [6, 6.07) is 2.07. The Bertz CT molecular complexity index is 375. The van der Waals surface area contributed by atoms with Gasteiger partial charge in [-0.2, -0.15) is 0 Å². The molecule has 1 aromatic rings. The molecule has 0 N–H and O–H groups in total. The molecule has 0 amide bonds. The van der Waals surface area contributed by atoms with Crippen LogP contribution in [0.3, 0.4) is 0 Å². The van der Waals surface area contributed by atoms with Crippen LogP contribution in [-0.2, 0) is 11.2 Å². The number of halogens is 1. The van der Waals surface area contributed by atoms with Gasteiger partial charge in [-0.3, -0.25) is 0 Å². The molecule has 4 nitrogen and oxygen atoms in total. The maximum absolute atomic E-state index is 5.81. The number of morpholine rings is 1. The summed E-state index contributed by atoms with van der Waals surface area (Å²) in [5.41, 5.74) is 1.09. The molecular weight excluding hydrogens is 282 g/mol. The number of hydrogen-bond donors (Lipinski definition) is 0. The van der Waals surface area contributed by atoms with E-state index in [0.717, 1.165) is 36.4 Å². The van der Waals surface area contributed by atoms with Crippen LogP contribution >= 0.6 is 15.9 Å². The lowest BCUT2D eigenvalue weighted by molar-refractivity contribution is -0.00224. The van der Waals surface area contributed by atoms with Crippen molar-refractivity contribution in [3.8, 4) is 0 Å². The molecule has 0 radical (unpaired) electrons. The van der Waals surface area contributed by atoms with Crippen molar-refractivity contribution in [2.24, 2.45) is 0 Å². The van der Waals surface area contributed by atoms with E-state index in [9.17, 15) is 0 Å². The predicted octanol–water partition coefficient (Wildman–Crippen LogP) is 2.03. The summed E-state index contributed by atoms with van der Waals surface area (Å²) >= 11 is 3.48. The first-order chi connectivity index (χ1) is 8.22. The predicted molar refractivity (Wildman–Crippen MR) is 71.8 cm³/mol. The third kappa shape index (κ3) is 3.16. The number of aromatic nitrogens is 2. The molecule has 0 bridgehead atoms. The molecule has 5 heteroatoms. The van der Waals surface area contributed by atoms with Gasteiger partial charge in [-0.1, -0.05) is 22.9 Å². The maximum Gasteiger partial charge on any atom is 0.132 e. The van der Waals surface area contributed by atoms with E-state index in [1.807, 2.05) is 0 Å². The normalized spacial score (nSPS) is 25.0. The van der Waals surface area contributed by atoms with Crippen molar-refractivity contribution >= 4 is 21.7 Å². The highest BCUT2D eigenvalue weighted by Gasteiger charge is 2.25. The highest BCUT2D eigenvalue weighted by atomic mass is 79.9. The van der Waals surface area contributed by atoms with Crippen LogP contribution in [0.2, 0.25) is 0 Å². The van der Waals surface area contributed by atoms with Gasteiger partial charge in [0.25, 0.3) is 0 Å². The molecule has 2 unspecified atom stereocenters. The number of aryl methyl sites for hydroxylation is 1. The fourth-order valence-electron chi connectivity index (χ4n) is 2.07. The van der Waals surface area contributed by atoms with Gasteiger partial charge < -0.3 is 9.64 Å². The highest BCUT2D eigenvalue weighted by Crippen LogP contribution is 2.19. The zero-order valence-corrected chi connectivity index (χ0v) is 11.9. The second kappa shape index (κ2) is 5.78. The van der Waals surface area contributed by atoms with Gasteiger partial charge >= 0.3 is 0 Å². The summed E-state index contributed by atoms with van der Waals surface area (Å²) in [5.74, 6) is 1.01. The number of anilines is 1. The van der Waals surface area contributed by atoms with Gasteiger partial charge in [-0.15, -0.1) is 0 Å². The van der Waals surface area contributed by atoms with Crippen LogP contribution in [0, 0.1) is 0 Å². The molecule has 94 valence electrons. The van der Waals surface area contributed by atoms with Crippen LogP contribution in [0.5, 0.6) is 0 Å². The van der Waals surface area contributed by atoms with E-state index >= 15 is 0 Å². The summed E-state index contributed by atoms with van der Waals surface area (Å²) in [4.78, 5) is 10.9. The van der Waals surface area contributed by atoms with E-state index in [1.54, 1.807) is 6.33 Å². The van der Waals surface area contributed by atoms with Crippen molar-refractivity contribution in [3.05, 3.63) is 18.1 Å². The second-order valence-electron chi connectivity index (χ2n) is 4.35. The topological polar surface area (TPSA) is 38.2 Å². The van der Waals surface area contributed by atoms with Crippen LogP contribution in [0.15, 0.2) is 12.4 Å². The molecule has 2 atom stereocenters. The SMILES string of the molecule is CCc1cc(N2CC(C)OC(CBr)C2)ncn1. The summed E-state index contributed by atoms with van der Waals surface area (Å²) in [5, 5.41) is 0.861. The molecule has 2 heterocycles. The van der Waals surface area contributed by atoms with Crippen molar-refractivity contribution in [1.29, 1.82) is 0 Å². The van der Waals surface area contributed by atoms with Crippen LogP contribution in [0.1, 0.15) is 19.5 Å². The van der Waals surface area contributed by atoms with Crippen molar-refractivity contribution < 1.29 is 4.74 Å². The summed E-state index contributed by atoms with van der Waals surface area (Å²) in [7, 11) is 0. The monoisotopic (exact) mass is 299 g/mol. The smallest absolute Gasteiger partial charge is 0.132 e. The van der Waals surface area contributed by atoms with Crippen molar-refractivity contribution in [2.45, 2.75) is 32.5 Å². The van der Waals surface area contributed by atoms with Crippen LogP contribution in [0.4, 0.5) is 5.82 Å². The van der Waals surface area contributed by atoms with Gasteiger partial charge in [0.05, 0.1) is 12.2 Å². The van der Waals surface area contributed by atoms with Gasteiger partial charge in [0, 0.05) is 30.2 Å². The van der Waals surface area contributed by atoms with E-state index in [4.69, 9.17) is 4.74 Å². The minimum absolute atomic E-state index is 0.235. The van der Waals surface area contributed by atoms with E-state index in [1.165, 1.54) is 0 Å². The van der Waals surface area contributed by atoms with Gasteiger partial charge in [-0.25, -0.2) is 9.97 Å². The molecule has 1 saturated heterocycles. The molecule has 17 heavy (non-hydrogen) atoms. The molecule has 0 saturated carbocycles. The van der Waals surface area contributed by atoms with Gasteiger partial charge in [-0.05, 0) is 13.3 Å². The number of nitrogens with zero attached hydrogens (tertiary/aromatic N) is 3.